The first kappa shape index (κ1) is 23.9. The zero-order valence-corrected chi connectivity index (χ0v) is 19.1. The summed E-state index contributed by atoms with van der Waals surface area (Å²) in [6, 6.07) is 9.30. The molecule has 0 radical (unpaired) electrons. The van der Waals surface area contributed by atoms with Gasteiger partial charge in [0.1, 0.15) is 5.82 Å². The molecule has 2 N–H and O–H groups in total. The van der Waals surface area contributed by atoms with E-state index in [1.807, 2.05) is 19.9 Å². The number of halogens is 3. The Kier molecular flexibility index (Phi) is 6.74. The van der Waals surface area contributed by atoms with E-state index >= 15 is 0 Å². The fourth-order valence-corrected chi connectivity index (χ4v) is 4.31. The Morgan fingerprint density at radius 1 is 1.21 bits per heavy atom. The van der Waals surface area contributed by atoms with Crippen molar-refractivity contribution in [1.82, 2.24) is 14.9 Å². The number of aryl methyl sites for hydroxylation is 1. The molecule has 4 rings (SSSR count). The monoisotopic (exact) mass is 472 g/mol. The van der Waals surface area contributed by atoms with Gasteiger partial charge in [0.05, 0.1) is 23.3 Å². The van der Waals surface area contributed by atoms with E-state index < -0.39 is 11.7 Å². The average Bonchev–Trinajstić information content (AvgIpc) is 2.82. The number of nitrogens with zero attached hydrogens (tertiary/aromatic N) is 3. The number of benzene rings is 1. The third-order valence-electron chi connectivity index (χ3n) is 6.48. The number of nitrogen functional groups attached to an aromatic ring is 1. The second-order valence-electron chi connectivity index (χ2n) is 8.76. The zero-order valence-electron chi connectivity index (χ0n) is 19.1. The molecule has 1 aliphatic heterocycles. The van der Waals surface area contributed by atoms with Crippen molar-refractivity contribution in [3.63, 3.8) is 0 Å². The smallest absolute Gasteiger partial charge is 0.383 e. The number of anilines is 1. The second kappa shape index (κ2) is 9.58. The van der Waals surface area contributed by atoms with Crippen molar-refractivity contribution >= 4 is 22.6 Å². The van der Waals surface area contributed by atoms with Crippen LogP contribution in [-0.4, -0.2) is 40.0 Å². The number of amides is 1. The van der Waals surface area contributed by atoms with Crippen molar-refractivity contribution in [2.24, 2.45) is 5.92 Å². The number of hydrogen-bond acceptors (Lipinski definition) is 5. The van der Waals surface area contributed by atoms with Gasteiger partial charge >= 0.3 is 6.18 Å². The molecule has 2 aromatic heterocycles. The largest absolute Gasteiger partial charge is 0.417 e. The molecule has 0 bridgehead atoms. The zero-order chi connectivity index (χ0) is 24.5. The lowest BCUT2D eigenvalue weighted by molar-refractivity contribution is -0.137. The molecule has 34 heavy (non-hydrogen) atoms. The lowest BCUT2D eigenvalue weighted by Gasteiger charge is -2.36. The number of carbonyl (C=O) groups excluding carboxylic acids is 1. The van der Waals surface area contributed by atoms with E-state index in [1.54, 1.807) is 23.1 Å². The number of pyridine rings is 2. The van der Waals surface area contributed by atoms with Crippen LogP contribution in [0.1, 0.15) is 46.9 Å². The van der Waals surface area contributed by atoms with E-state index in [4.69, 9.17) is 10.5 Å². The van der Waals surface area contributed by atoms with E-state index in [-0.39, 0.29) is 24.4 Å². The summed E-state index contributed by atoms with van der Waals surface area (Å²) in [4.78, 5) is 23.8. The number of hydrogen-bond donors (Lipinski definition) is 1. The molecule has 1 aliphatic rings. The van der Waals surface area contributed by atoms with Crippen molar-refractivity contribution in [2.45, 2.75) is 45.5 Å². The molecule has 1 fully saturated rings. The molecule has 3 heterocycles. The standard InChI is InChI=1S/C25H27F3N4O2/c1-15-11-19-12-18(3-6-22(19)31-23(15)29)24(33)32(16(2)17-7-9-34-10-8-17)14-21-5-4-20(13-30-21)25(26,27)28/h3-6,11-13,16-17H,7-10,14H2,1-2H3,(H2,29,31)/t16-/m1/s1. The quantitative estimate of drug-likeness (QED) is 0.565. The van der Waals surface area contributed by atoms with Gasteiger partial charge in [0.15, 0.2) is 0 Å². The van der Waals surface area contributed by atoms with Crippen LogP contribution in [-0.2, 0) is 17.5 Å². The summed E-state index contributed by atoms with van der Waals surface area (Å²) in [5, 5.41) is 0.795. The van der Waals surface area contributed by atoms with Crippen molar-refractivity contribution in [3.8, 4) is 0 Å². The van der Waals surface area contributed by atoms with Crippen molar-refractivity contribution in [3.05, 3.63) is 65.0 Å². The van der Waals surface area contributed by atoms with Crippen LogP contribution in [0.3, 0.4) is 0 Å². The van der Waals surface area contributed by atoms with Crippen LogP contribution in [0.4, 0.5) is 19.0 Å². The molecule has 0 aliphatic carbocycles. The fourth-order valence-electron chi connectivity index (χ4n) is 4.31. The molecule has 1 aromatic carbocycles. The summed E-state index contributed by atoms with van der Waals surface area (Å²) in [5.41, 5.74) is 7.46. The first-order valence-electron chi connectivity index (χ1n) is 11.2. The summed E-state index contributed by atoms with van der Waals surface area (Å²) < 4.78 is 44.3. The Bertz CT molecular complexity index is 1180. The van der Waals surface area contributed by atoms with Crippen LogP contribution in [0.15, 0.2) is 42.6 Å². The summed E-state index contributed by atoms with van der Waals surface area (Å²) in [5.74, 6) is 0.447. The molecule has 0 unspecified atom stereocenters. The van der Waals surface area contributed by atoms with Gasteiger partial charge in [0, 0.05) is 36.4 Å². The highest BCUT2D eigenvalue weighted by molar-refractivity contribution is 5.98. The Morgan fingerprint density at radius 3 is 2.59 bits per heavy atom. The minimum Gasteiger partial charge on any atom is -0.383 e. The molecule has 0 spiro atoms. The SMILES string of the molecule is Cc1cc2cc(C(=O)N(Cc3ccc(C(F)(F)F)cn3)[C@H](C)C3CCOCC3)ccc2nc1N. The third kappa shape index (κ3) is 5.14. The van der Waals surface area contributed by atoms with Gasteiger partial charge in [-0.2, -0.15) is 13.2 Å². The van der Waals surface area contributed by atoms with Crippen LogP contribution >= 0.6 is 0 Å². The summed E-state index contributed by atoms with van der Waals surface area (Å²) in [6.07, 6.45) is -2.03. The number of nitrogens with two attached hydrogens (primary N) is 1. The number of aromatic nitrogens is 2. The van der Waals surface area contributed by atoms with Crippen LogP contribution < -0.4 is 5.73 Å². The number of alkyl halides is 3. The van der Waals surface area contributed by atoms with Crippen molar-refractivity contribution < 1.29 is 22.7 Å². The van der Waals surface area contributed by atoms with Gasteiger partial charge < -0.3 is 15.4 Å². The molecule has 3 aromatic rings. The minimum absolute atomic E-state index is 0.104. The maximum atomic E-state index is 13.7. The number of ether oxygens (including phenoxy) is 1. The van der Waals surface area contributed by atoms with E-state index in [0.717, 1.165) is 36.1 Å². The first-order valence-corrected chi connectivity index (χ1v) is 11.2. The Balaban J connectivity index is 1.66. The molecule has 1 amide bonds. The average molecular weight is 473 g/mol. The van der Waals surface area contributed by atoms with E-state index in [2.05, 4.69) is 9.97 Å². The van der Waals surface area contributed by atoms with Gasteiger partial charge in [-0.1, -0.05) is 0 Å². The van der Waals surface area contributed by atoms with E-state index in [1.165, 1.54) is 6.07 Å². The van der Waals surface area contributed by atoms with Crippen LogP contribution in [0.5, 0.6) is 0 Å². The Hall–Kier alpha value is -3.20. The molecular weight excluding hydrogens is 445 g/mol. The van der Waals surface area contributed by atoms with E-state index in [9.17, 15) is 18.0 Å². The summed E-state index contributed by atoms with van der Waals surface area (Å²) in [6.45, 7) is 5.18. The topological polar surface area (TPSA) is 81.3 Å². The third-order valence-corrected chi connectivity index (χ3v) is 6.48. The van der Waals surface area contributed by atoms with Crippen molar-refractivity contribution in [1.29, 1.82) is 0 Å². The van der Waals surface area contributed by atoms with Gasteiger partial charge in [-0.25, -0.2) is 4.98 Å². The van der Waals surface area contributed by atoms with Gasteiger partial charge in [-0.05, 0) is 74.6 Å². The highest BCUT2D eigenvalue weighted by atomic mass is 19.4. The number of carbonyl (C=O) groups is 1. The lowest BCUT2D eigenvalue weighted by Crippen LogP contribution is -2.44. The highest BCUT2D eigenvalue weighted by Crippen LogP contribution is 2.30. The molecule has 180 valence electrons. The van der Waals surface area contributed by atoms with Crippen LogP contribution in [0.25, 0.3) is 10.9 Å². The normalized spacial score (nSPS) is 15.9. The summed E-state index contributed by atoms with van der Waals surface area (Å²) in [7, 11) is 0. The maximum absolute atomic E-state index is 13.7. The second-order valence-corrected chi connectivity index (χ2v) is 8.76. The highest BCUT2D eigenvalue weighted by Gasteiger charge is 2.32. The number of fused-ring (bicyclic) bond motifs is 1. The summed E-state index contributed by atoms with van der Waals surface area (Å²) >= 11 is 0. The molecular formula is C25H27F3N4O2. The lowest BCUT2D eigenvalue weighted by atomic mass is 9.91. The molecule has 6 nitrogen and oxygen atoms in total. The molecule has 1 atom stereocenters. The molecule has 0 saturated carbocycles. The first-order chi connectivity index (χ1) is 16.1. The maximum Gasteiger partial charge on any atom is 0.417 e. The van der Waals surface area contributed by atoms with Gasteiger partial charge in [-0.3, -0.25) is 9.78 Å². The van der Waals surface area contributed by atoms with Gasteiger partial charge in [0.25, 0.3) is 5.91 Å². The van der Waals surface area contributed by atoms with E-state index in [0.29, 0.717) is 35.8 Å². The molecule has 9 heteroatoms. The van der Waals surface area contributed by atoms with Gasteiger partial charge in [-0.15, -0.1) is 0 Å². The Labute approximate surface area is 195 Å². The Morgan fingerprint density at radius 2 is 1.94 bits per heavy atom. The minimum atomic E-state index is -4.46. The van der Waals surface area contributed by atoms with Crippen LogP contribution in [0, 0.1) is 12.8 Å². The predicted molar refractivity (Wildman–Crippen MR) is 123 cm³/mol. The van der Waals surface area contributed by atoms with Crippen LogP contribution in [0.2, 0.25) is 0 Å². The molecule has 1 saturated heterocycles. The van der Waals surface area contributed by atoms with Crippen molar-refractivity contribution in [2.75, 3.05) is 18.9 Å². The van der Waals surface area contributed by atoms with Gasteiger partial charge in [0.2, 0.25) is 0 Å². The fraction of sp³-hybridized carbons (Fsp3) is 0.400. The predicted octanol–water partition coefficient (Wildman–Crippen LogP) is 5.00. The number of rotatable bonds is 5.